The van der Waals surface area contributed by atoms with Crippen molar-refractivity contribution in [2.24, 2.45) is 5.41 Å². The van der Waals surface area contributed by atoms with Gasteiger partial charge in [0.25, 0.3) is 0 Å². The fourth-order valence-electron chi connectivity index (χ4n) is 2.28. The molecule has 5 heteroatoms. The molecule has 0 aliphatic carbocycles. The number of piperidine rings is 1. The summed E-state index contributed by atoms with van der Waals surface area (Å²) in [5, 5.41) is 2.60. The Morgan fingerprint density at radius 2 is 1.88 bits per heavy atom. The first-order valence-corrected chi connectivity index (χ1v) is 7.99. The normalized spacial score (nSPS) is 23.5. The predicted molar refractivity (Wildman–Crippen MR) is 71.5 cm³/mol. The van der Waals surface area contributed by atoms with Gasteiger partial charge in [0, 0.05) is 19.6 Å². The van der Waals surface area contributed by atoms with Crippen LogP contribution in [0.3, 0.4) is 0 Å². The smallest absolute Gasteiger partial charge is 0.217 e. The molecular formula is C12H26N2O2S. The third kappa shape index (κ3) is 3.42. The maximum Gasteiger partial charge on any atom is 0.217 e. The van der Waals surface area contributed by atoms with Gasteiger partial charge in [0.15, 0.2) is 0 Å². The van der Waals surface area contributed by atoms with Crippen LogP contribution in [-0.2, 0) is 10.0 Å². The van der Waals surface area contributed by atoms with Crippen LogP contribution in [0.2, 0.25) is 0 Å². The van der Waals surface area contributed by atoms with Gasteiger partial charge in [0.2, 0.25) is 10.0 Å². The highest BCUT2D eigenvalue weighted by molar-refractivity contribution is 7.89. The van der Waals surface area contributed by atoms with E-state index >= 15 is 0 Å². The average molecular weight is 262 g/mol. The van der Waals surface area contributed by atoms with Crippen molar-refractivity contribution < 1.29 is 8.42 Å². The summed E-state index contributed by atoms with van der Waals surface area (Å²) in [6, 6.07) is 0. The van der Waals surface area contributed by atoms with E-state index in [-0.39, 0.29) is 5.25 Å². The molecule has 1 atom stereocenters. The third-order valence-electron chi connectivity index (χ3n) is 4.14. The molecule has 1 N–H and O–H groups in total. The molecule has 0 amide bonds. The lowest BCUT2D eigenvalue weighted by molar-refractivity contribution is 0.168. The van der Waals surface area contributed by atoms with Crippen molar-refractivity contribution in [1.29, 1.82) is 0 Å². The second-order valence-electron chi connectivity index (χ2n) is 5.48. The van der Waals surface area contributed by atoms with E-state index in [2.05, 4.69) is 19.2 Å². The van der Waals surface area contributed by atoms with Gasteiger partial charge < -0.3 is 5.32 Å². The summed E-state index contributed by atoms with van der Waals surface area (Å²) in [6.45, 7) is 8.10. The van der Waals surface area contributed by atoms with Crippen LogP contribution < -0.4 is 5.32 Å². The van der Waals surface area contributed by atoms with Crippen molar-refractivity contribution in [3.63, 3.8) is 0 Å². The zero-order valence-electron chi connectivity index (χ0n) is 11.5. The first-order chi connectivity index (χ1) is 7.85. The van der Waals surface area contributed by atoms with Crippen LogP contribution >= 0.6 is 0 Å². The van der Waals surface area contributed by atoms with Crippen LogP contribution in [0.25, 0.3) is 0 Å². The van der Waals surface area contributed by atoms with E-state index in [1.807, 2.05) is 0 Å². The van der Waals surface area contributed by atoms with Crippen molar-refractivity contribution in [1.82, 2.24) is 9.62 Å². The molecule has 0 radical (unpaired) electrons. The zero-order chi connectivity index (χ0) is 13.1. The van der Waals surface area contributed by atoms with E-state index in [0.29, 0.717) is 25.0 Å². The van der Waals surface area contributed by atoms with Gasteiger partial charge in [-0.15, -0.1) is 0 Å². The highest BCUT2D eigenvalue weighted by Gasteiger charge is 2.35. The summed E-state index contributed by atoms with van der Waals surface area (Å²) in [7, 11) is -1.32. The molecule has 0 saturated carbocycles. The molecule has 1 aliphatic heterocycles. The molecule has 1 rings (SSSR count). The van der Waals surface area contributed by atoms with Crippen molar-refractivity contribution in [2.45, 2.75) is 45.3 Å². The molecule has 1 unspecified atom stereocenters. The van der Waals surface area contributed by atoms with Gasteiger partial charge in [0.05, 0.1) is 5.25 Å². The summed E-state index contributed by atoms with van der Waals surface area (Å²) < 4.78 is 26.2. The van der Waals surface area contributed by atoms with Crippen molar-refractivity contribution in [3.05, 3.63) is 0 Å². The zero-order valence-corrected chi connectivity index (χ0v) is 12.3. The van der Waals surface area contributed by atoms with Crippen LogP contribution in [0.1, 0.15) is 40.0 Å². The van der Waals surface area contributed by atoms with Crippen LogP contribution in [0, 0.1) is 5.41 Å². The minimum atomic E-state index is -3.11. The maximum absolute atomic E-state index is 12.3. The lowest BCUT2D eigenvalue weighted by Crippen LogP contribution is -2.47. The molecule has 0 aromatic rings. The number of nitrogens with zero attached hydrogens (tertiary/aromatic N) is 1. The summed E-state index contributed by atoms with van der Waals surface area (Å²) >= 11 is 0. The van der Waals surface area contributed by atoms with Crippen molar-refractivity contribution in [2.75, 3.05) is 26.7 Å². The lowest BCUT2D eigenvalue weighted by atomic mass is 9.79. The van der Waals surface area contributed by atoms with Crippen LogP contribution in [0.5, 0.6) is 0 Å². The highest BCUT2D eigenvalue weighted by Crippen LogP contribution is 2.35. The van der Waals surface area contributed by atoms with Gasteiger partial charge in [-0.3, -0.25) is 0 Å². The first-order valence-electron chi connectivity index (χ1n) is 6.49. The molecule has 1 aliphatic rings. The topological polar surface area (TPSA) is 49.4 Å². The highest BCUT2D eigenvalue weighted by atomic mass is 32.2. The van der Waals surface area contributed by atoms with Gasteiger partial charge in [0.1, 0.15) is 0 Å². The number of rotatable bonds is 5. The molecule has 17 heavy (non-hydrogen) atoms. The van der Waals surface area contributed by atoms with Crippen LogP contribution in [0.15, 0.2) is 0 Å². The Balaban J connectivity index is 2.65. The van der Waals surface area contributed by atoms with Gasteiger partial charge in [-0.1, -0.05) is 20.3 Å². The number of nitrogens with one attached hydrogen (secondary N) is 1. The van der Waals surface area contributed by atoms with Gasteiger partial charge in [-0.2, -0.15) is 0 Å². The Hall–Kier alpha value is -0.130. The van der Waals surface area contributed by atoms with E-state index in [9.17, 15) is 8.42 Å². The molecule has 102 valence electrons. The van der Waals surface area contributed by atoms with Gasteiger partial charge in [-0.25, -0.2) is 12.7 Å². The Labute approximate surface area is 106 Å². The molecule has 0 spiro atoms. The van der Waals surface area contributed by atoms with Crippen molar-refractivity contribution in [3.8, 4) is 0 Å². The Morgan fingerprint density at radius 3 is 2.29 bits per heavy atom. The Kier molecular flexibility index (Phi) is 4.98. The van der Waals surface area contributed by atoms with E-state index in [1.165, 1.54) is 0 Å². The predicted octanol–water partition coefficient (Wildman–Crippen LogP) is 1.44. The average Bonchev–Trinajstić information content (AvgIpc) is 2.30. The molecule has 4 nitrogen and oxygen atoms in total. The number of sulfonamides is 1. The number of hydrogen-bond acceptors (Lipinski definition) is 3. The van der Waals surface area contributed by atoms with E-state index < -0.39 is 10.0 Å². The molecule has 0 bridgehead atoms. The molecule has 0 aromatic carbocycles. The first kappa shape index (κ1) is 14.9. The molecule has 1 saturated heterocycles. The van der Waals surface area contributed by atoms with E-state index in [0.717, 1.165) is 19.3 Å². The summed E-state index contributed by atoms with van der Waals surface area (Å²) in [6.07, 6.45) is 3.09. The quantitative estimate of drug-likeness (QED) is 0.815. The summed E-state index contributed by atoms with van der Waals surface area (Å²) in [5.41, 5.74) is 0.332. The maximum atomic E-state index is 12.3. The van der Waals surface area contributed by atoms with E-state index in [4.69, 9.17) is 0 Å². The number of hydrogen-bond donors (Lipinski definition) is 1. The van der Waals surface area contributed by atoms with Crippen molar-refractivity contribution >= 4 is 10.0 Å². The van der Waals surface area contributed by atoms with Crippen LogP contribution in [-0.4, -0.2) is 44.7 Å². The van der Waals surface area contributed by atoms with Crippen LogP contribution in [0.4, 0.5) is 0 Å². The Bertz CT molecular complexity index is 332. The SMILES string of the molecule is CCC1(C)CCN(S(=O)(=O)C(C)CNC)CC1. The second kappa shape index (κ2) is 5.67. The van der Waals surface area contributed by atoms with Gasteiger partial charge in [-0.05, 0) is 32.2 Å². The summed E-state index contributed by atoms with van der Waals surface area (Å²) in [4.78, 5) is 0. The molecular weight excluding hydrogens is 236 g/mol. The molecule has 1 heterocycles. The van der Waals surface area contributed by atoms with E-state index in [1.54, 1.807) is 18.3 Å². The largest absolute Gasteiger partial charge is 0.318 e. The minimum Gasteiger partial charge on any atom is -0.318 e. The monoisotopic (exact) mass is 262 g/mol. The Morgan fingerprint density at radius 1 is 1.35 bits per heavy atom. The fraction of sp³-hybridized carbons (Fsp3) is 1.00. The summed E-state index contributed by atoms with van der Waals surface area (Å²) in [5.74, 6) is 0. The lowest BCUT2D eigenvalue weighted by Gasteiger charge is -2.39. The standard InChI is InChI=1S/C12H26N2O2S/c1-5-12(3)6-8-14(9-7-12)17(15,16)11(2)10-13-4/h11,13H,5-10H2,1-4H3. The fourth-order valence-corrected chi connectivity index (χ4v) is 3.86. The van der Waals surface area contributed by atoms with Gasteiger partial charge >= 0.3 is 0 Å². The molecule has 1 fully saturated rings. The second-order valence-corrected chi connectivity index (χ2v) is 7.83. The third-order valence-corrected chi connectivity index (χ3v) is 6.41. The molecule has 0 aromatic heterocycles. The minimum absolute atomic E-state index is 0.332.